The van der Waals surface area contributed by atoms with Crippen LogP contribution in [0.5, 0.6) is 0 Å². The maximum absolute atomic E-state index is 13.7. The summed E-state index contributed by atoms with van der Waals surface area (Å²) in [5, 5.41) is 2.50. The van der Waals surface area contributed by atoms with Gasteiger partial charge in [-0.2, -0.15) is 0 Å². The van der Waals surface area contributed by atoms with Gasteiger partial charge in [-0.15, -0.1) is 11.6 Å². The number of alkyl halides is 1. The molecule has 2 aromatic rings. The van der Waals surface area contributed by atoms with Crippen molar-refractivity contribution >= 4 is 28.5 Å². The van der Waals surface area contributed by atoms with Gasteiger partial charge < -0.3 is 9.88 Å². The number of fused-ring (bicyclic) bond motifs is 1. The van der Waals surface area contributed by atoms with E-state index in [2.05, 4.69) is 10.3 Å². The van der Waals surface area contributed by atoms with E-state index in [1.54, 1.807) is 4.57 Å². The van der Waals surface area contributed by atoms with E-state index in [1.807, 2.05) is 0 Å². The minimum absolute atomic E-state index is 0.100. The van der Waals surface area contributed by atoms with Gasteiger partial charge in [0.2, 0.25) is 5.91 Å². The molecular formula is C13H14ClF2N3O. The molecule has 0 saturated heterocycles. The third-order valence-electron chi connectivity index (χ3n) is 3.01. The van der Waals surface area contributed by atoms with Gasteiger partial charge in [0.1, 0.15) is 17.2 Å². The van der Waals surface area contributed by atoms with Crippen LogP contribution in [0.1, 0.15) is 12.2 Å². The summed E-state index contributed by atoms with van der Waals surface area (Å²) in [5.74, 6) is -0.681. The first kappa shape index (κ1) is 14.7. The predicted octanol–water partition coefficient (Wildman–Crippen LogP) is 2.23. The smallest absolute Gasteiger partial charge is 0.221 e. The molecule has 1 amide bonds. The predicted molar refractivity (Wildman–Crippen MR) is 72.8 cm³/mol. The second-order valence-corrected chi connectivity index (χ2v) is 4.68. The van der Waals surface area contributed by atoms with E-state index < -0.39 is 11.6 Å². The molecule has 1 heterocycles. The highest BCUT2D eigenvalue weighted by atomic mass is 35.5. The molecule has 20 heavy (non-hydrogen) atoms. The summed E-state index contributed by atoms with van der Waals surface area (Å²) >= 11 is 5.70. The number of benzene rings is 1. The van der Waals surface area contributed by atoms with E-state index in [0.717, 1.165) is 6.07 Å². The molecule has 0 unspecified atom stereocenters. The molecule has 2 rings (SSSR count). The van der Waals surface area contributed by atoms with Crippen LogP contribution in [0.25, 0.3) is 11.0 Å². The van der Waals surface area contributed by atoms with Crippen molar-refractivity contribution in [3.05, 3.63) is 29.6 Å². The molecule has 0 aliphatic heterocycles. The molecule has 0 saturated carbocycles. The van der Waals surface area contributed by atoms with Crippen LogP contribution in [0.15, 0.2) is 12.1 Å². The van der Waals surface area contributed by atoms with Crippen molar-refractivity contribution in [1.29, 1.82) is 0 Å². The highest BCUT2D eigenvalue weighted by Crippen LogP contribution is 2.22. The molecule has 4 nitrogen and oxygen atoms in total. The average molecular weight is 302 g/mol. The second-order valence-electron chi connectivity index (χ2n) is 4.30. The summed E-state index contributed by atoms with van der Waals surface area (Å²) in [6.07, 6.45) is 0.625. The number of carbonyl (C=O) groups is 1. The zero-order valence-electron chi connectivity index (χ0n) is 10.9. The van der Waals surface area contributed by atoms with Gasteiger partial charge >= 0.3 is 0 Å². The van der Waals surface area contributed by atoms with Crippen LogP contribution in [0, 0.1) is 11.6 Å². The van der Waals surface area contributed by atoms with Gasteiger partial charge in [-0.3, -0.25) is 4.79 Å². The summed E-state index contributed by atoms with van der Waals surface area (Å²) < 4.78 is 28.7. The van der Waals surface area contributed by atoms with Crippen LogP contribution < -0.4 is 5.32 Å². The first-order chi connectivity index (χ1) is 9.56. The Morgan fingerprint density at radius 2 is 2.20 bits per heavy atom. The van der Waals surface area contributed by atoms with Crippen molar-refractivity contribution in [2.75, 3.05) is 12.9 Å². The summed E-state index contributed by atoms with van der Waals surface area (Å²) in [4.78, 5) is 15.5. The summed E-state index contributed by atoms with van der Waals surface area (Å²) in [7, 11) is 1.54. The van der Waals surface area contributed by atoms with Gasteiger partial charge in [0.05, 0.1) is 5.52 Å². The van der Waals surface area contributed by atoms with Crippen LogP contribution in [0.3, 0.4) is 0 Å². The molecule has 0 aliphatic carbocycles. The Balaban J connectivity index is 2.47. The number of nitrogens with one attached hydrogen (secondary N) is 1. The van der Waals surface area contributed by atoms with Gasteiger partial charge in [0, 0.05) is 38.4 Å². The van der Waals surface area contributed by atoms with E-state index in [4.69, 9.17) is 11.6 Å². The van der Waals surface area contributed by atoms with E-state index in [1.165, 1.54) is 13.1 Å². The zero-order chi connectivity index (χ0) is 14.7. The van der Waals surface area contributed by atoms with E-state index in [9.17, 15) is 13.6 Å². The minimum Gasteiger partial charge on any atom is -0.359 e. The largest absolute Gasteiger partial charge is 0.359 e. The maximum atomic E-state index is 13.7. The first-order valence-electron chi connectivity index (χ1n) is 6.17. The number of aromatic nitrogens is 2. The lowest BCUT2D eigenvalue weighted by molar-refractivity contribution is -0.120. The fraction of sp³-hybridized carbons (Fsp3) is 0.385. The van der Waals surface area contributed by atoms with Gasteiger partial charge in [0.15, 0.2) is 5.82 Å². The third kappa shape index (κ3) is 2.90. The van der Waals surface area contributed by atoms with Crippen molar-refractivity contribution in [1.82, 2.24) is 14.9 Å². The van der Waals surface area contributed by atoms with Crippen molar-refractivity contribution in [2.24, 2.45) is 0 Å². The normalized spacial score (nSPS) is 11.0. The molecule has 0 aliphatic rings. The summed E-state index contributed by atoms with van der Waals surface area (Å²) in [5.41, 5.74) is 0.440. The topological polar surface area (TPSA) is 46.9 Å². The Morgan fingerprint density at radius 1 is 1.45 bits per heavy atom. The molecule has 1 aromatic heterocycles. The number of imidazole rings is 1. The van der Waals surface area contributed by atoms with Gasteiger partial charge in [-0.05, 0) is 6.07 Å². The average Bonchev–Trinajstić information content (AvgIpc) is 2.74. The Kier molecular flexibility index (Phi) is 4.54. The fourth-order valence-electron chi connectivity index (χ4n) is 2.06. The van der Waals surface area contributed by atoms with Crippen LogP contribution in [0.2, 0.25) is 0 Å². The summed E-state index contributed by atoms with van der Waals surface area (Å²) in [6.45, 7) is 0.297. The van der Waals surface area contributed by atoms with E-state index >= 15 is 0 Å². The standard InChI is InChI=1S/C13H14ClF2N3O/c1-17-12(20)3-5-19-10-7-8(15)6-9(16)13(10)18-11(19)2-4-14/h6-7H,2-5H2,1H3,(H,17,20). The molecule has 0 fully saturated rings. The summed E-state index contributed by atoms with van der Waals surface area (Å²) in [6, 6.07) is 2.01. The van der Waals surface area contributed by atoms with Crippen molar-refractivity contribution in [3.63, 3.8) is 0 Å². The quantitative estimate of drug-likeness (QED) is 0.861. The van der Waals surface area contributed by atoms with Crippen molar-refractivity contribution in [2.45, 2.75) is 19.4 Å². The molecular weight excluding hydrogens is 288 g/mol. The molecule has 0 radical (unpaired) electrons. The van der Waals surface area contributed by atoms with Crippen LogP contribution >= 0.6 is 11.6 Å². The number of carbonyl (C=O) groups excluding carboxylic acids is 1. The van der Waals surface area contributed by atoms with Crippen molar-refractivity contribution < 1.29 is 13.6 Å². The molecule has 108 valence electrons. The minimum atomic E-state index is -0.713. The van der Waals surface area contributed by atoms with Gasteiger partial charge in [0.25, 0.3) is 0 Å². The van der Waals surface area contributed by atoms with Crippen molar-refractivity contribution in [3.8, 4) is 0 Å². The van der Waals surface area contributed by atoms with E-state index in [0.29, 0.717) is 30.2 Å². The fourth-order valence-corrected chi connectivity index (χ4v) is 2.23. The second kappa shape index (κ2) is 6.17. The lowest BCUT2D eigenvalue weighted by Gasteiger charge is -2.08. The SMILES string of the molecule is CNC(=O)CCn1c(CCCl)nc2c(F)cc(F)cc21. The van der Waals surface area contributed by atoms with Gasteiger partial charge in [-0.1, -0.05) is 0 Å². The lowest BCUT2D eigenvalue weighted by Crippen LogP contribution is -2.20. The monoisotopic (exact) mass is 301 g/mol. The molecule has 0 spiro atoms. The first-order valence-corrected chi connectivity index (χ1v) is 6.71. The van der Waals surface area contributed by atoms with Crippen LogP contribution in [-0.4, -0.2) is 28.4 Å². The molecule has 7 heteroatoms. The number of aryl methyl sites for hydroxylation is 2. The Labute approximate surface area is 119 Å². The molecule has 0 atom stereocenters. The highest BCUT2D eigenvalue weighted by Gasteiger charge is 2.15. The molecule has 0 bridgehead atoms. The third-order valence-corrected chi connectivity index (χ3v) is 3.20. The Morgan fingerprint density at radius 3 is 2.85 bits per heavy atom. The lowest BCUT2D eigenvalue weighted by atomic mass is 10.3. The zero-order valence-corrected chi connectivity index (χ0v) is 11.7. The number of rotatable bonds is 5. The van der Waals surface area contributed by atoms with E-state index in [-0.39, 0.29) is 17.8 Å². The number of hydrogen-bond acceptors (Lipinski definition) is 2. The van der Waals surface area contributed by atoms with Crippen LogP contribution in [-0.2, 0) is 17.8 Å². The Bertz CT molecular complexity index is 642. The molecule has 1 N–H and O–H groups in total. The number of hydrogen-bond donors (Lipinski definition) is 1. The molecule has 1 aromatic carbocycles. The van der Waals surface area contributed by atoms with Crippen LogP contribution in [0.4, 0.5) is 8.78 Å². The number of halogens is 3. The Hall–Kier alpha value is -1.69. The van der Waals surface area contributed by atoms with Gasteiger partial charge in [-0.25, -0.2) is 13.8 Å². The number of amides is 1. The number of nitrogens with zero attached hydrogens (tertiary/aromatic N) is 2. The maximum Gasteiger partial charge on any atom is 0.221 e. The highest BCUT2D eigenvalue weighted by molar-refractivity contribution is 6.17.